The Morgan fingerprint density at radius 1 is 1.33 bits per heavy atom. The zero-order chi connectivity index (χ0) is 14.5. The van der Waals surface area contributed by atoms with Crippen molar-refractivity contribution in [3.8, 4) is 0 Å². The van der Waals surface area contributed by atoms with Gasteiger partial charge in [0.1, 0.15) is 0 Å². The van der Waals surface area contributed by atoms with E-state index in [0.717, 1.165) is 12.2 Å². The maximum Gasteiger partial charge on any atom is 0.237 e. The zero-order valence-corrected chi connectivity index (χ0v) is 14.5. The van der Waals surface area contributed by atoms with Crippen LogP contribution in [0, 0.1) is 13.8 Å². The summed E-state index contributed by atoms with van der Waals surface area (Å²) in [6.07, 6.45) is 0.786. The molecular weight excluding hydrogens is 306 g/mol. The highest BCUT2D eigenvalue weighted by Crippen LogP contribution is 2.26. The van der Waals surface area contributed by atoms with E-state index in [0.29, 0.717) is 17.7 Å². The minimum atomic E-state index is 0. The van der Waals surface area contributed by atoms with Crippen LogP contribution in [0.1, 0.15) is 29.8 Å². The molecular formula is C15H22ClN3OS. The molecule has 21 heavy (non-hydrogen) atoms. The third-order valence-corrected chi connectivity index (χ3v) is 4.33. The van der Waals surface area contributed by atoms with Gasteiger partial charge in [-0.3, -0.25) is 0 Å². The van der Waals surface area contributed by atoms with Crippen LogP contribution in [0.2, 0.25) is 0 Å². The molecule has 0 radical (unpaired) electrons. The second kappa shape index (κ2) is 8.41. The molecule has 1 aromatic carbocycles. The summed E-state index contributed by atoms with van der Waals surface area (Å²) in [4.78, 5) is 5.70. The molecule has 0 fully saturated rings. The predicted octanol–water partition coefficient (Wildman–Crippen LogP) is 3.55. The average Bonchev–Trinajstić information content (AvgIpc) is 2.87. The van der Waals surface area contributed by atoms with Gasteiger partial charge in [-0.05, 0) is 39.4 Å². The molecule has 116 valence electrons. The summed E-state index contributed by atoms with van der Waals surface area (Å²) >= 11 is 1.74. The molecule has 0 aliphatic heterocycles. The van der Waals surface area contributed by atoms with Crippen molar-refractivity contribution in [3.05, 3.63) is 41.0 Å². The van der Waals surface area contributed by atoms with Gasteiger partial charge in [-0.15, -0.1) is 24.2 Å². The molecule has 1 unspecified atom stereocenters. The second-order valence-electron chi connectivity index (χ2n) is 5.06. The number of halogens is 1. The molecule has 0 amide bonds. The molecule has 6 heteroatoms. The Morgan fingerprint density at radius 3 is 2.81 bits per heavy atom. The Balaban J connectivity index is 0.00000220. The van der Waals surface area contributed by atoms with Crippen molar-refractivity contribution in [2.45, 2.75) is 43.9 Å². The quantitative estimate of drug-likeness (QED) is 0.822. The van der Waals surface area contributed by atoms with Gasteiger partial charge in [0.05, 0.1) is 5.75 Å². The Kier molecular flexibility index (Phi) is 7.22. The van der Waals surface area contributed by atoms with E-state index in [9.17, 15) is 0 Å². The van der Waals surface area contributed by atoms with E-state index in [-0.39, 0.29) is 12.4 Å². The highest BCUT2D eigenvalue weighted by atomic mass is 35.5. The number of aromatic nitrogens is 2. The third kappa shape index (κ3) is 5.34. The van der Waals surface area contributed by atoms with Crippen LogP contribution in [0.5, 0.6) is 0 Å². The molecule has 1 aromatic heterocycles. The molecule has 2 aromatic rings. The minimum absolute atomic E-state index is 0. The fourth-order valence-electron chi connectivity index (χ4n) is 1.81. The fourth-order valence-corrected chi connectivity index (χ4v) is 2.77. The van der Waals surface area contributed by atoms with Crippen LogP contribution in [-0.2, 0) is 12.2 Å². The molecule has 1 atom stereocenters. The number of nitrogens with zero attached hydrogens (tertiary/aromatic N) is 2. The summed E-state index contributed by atoms with van der Waals surface area (Å²) in [5.41, 5.74) is 2.55. The van der Waals surface area contributed by atoms with Gasteiger partial charge in [-0.2, -0.15) is 4.98 Å². The Hall–Kier alpha value is -1.04. The van der Waals surface area contributed by atoms with E-state index in [1.54, 1.807) is 11.8 Å². The Labute approximate surface area is 136 Å². The maximum atomic E-state index is 5.29. The molecule has 0 bridgehead atoms. The first kappa shape index (κ1) is 18.0. The summed E-state index contributed by atoms with van der Waals surface area (Å²) in [6, 6.07) is 6.82. The van der Waals surface area contributed by atoms with Gasteiger partial charge < -0.3 is 9.84 Å². The second-order valence-corrected chi connectivity index (χ2v) is 6.07. The van der Waals surface area contributed by atoms with Crippen molar-refractivity contribution < 1.29 is 4.52 Å². The lowest BCUT2D eigenvalue weighted by molar-refractivity contribution is 0.382. The molecule has 0 aliphatic carbocycles. The molecule has 0 saturated carbocycles. The molecule has 2 rings (SSSR count). The first-order valence-corrected chi connectivity index (χ1v) is 7.76. The summed E-state index contributed by atoms with van der Waals surface area (Å²) in [5, 5.41) is 7.18. The minimum Gasteiger partial charge on any atom is -0.338 e. The number of benzene rings is 1. The molecule has 0 saturated heterocycles. The fraction of sp³-hybridized carbons (Fsp3) is 0.467. The number of hydrogen-bond donors (Lipinski definition) is 1. The van der Waals surface area contributed by atoms with Crippen molar-refractivity contribution in [1.29, 1.82) is 0 Å². The monoisotopic (exact) mass is 327 g/mol. The van der Waals surface area contributed by atoms with Gasteiger partial charge >= 0.3 is 0 Å². The number of nitrogens with one attached hydrogen (secondary N) is 1. The average molecular weight is 328 g/mol. The molecule has 1 heterocycles. The van der Waals surface area contributed by atoms with E-state index >= 15 is 0 Å². The van der Waals surface area contributed by atoms with E-state index in [2.05, 4.69) is 54.4 Å². The number of thioether (sulfide) groups is 1. The van der Waals surface area contributed by atoms with Crippen LogP contribution >= 0.6 is 24.2 Å². The largest absolute Gasteiger partial charge is 0.338 e. The van der Waals surface area contributed by atoms with Crippen LogP contribution in [0.25, 0.3) is 0 Å². The van der Waals surface area contributed by atoms with Gasteiger partial charge in [-0.1, -0.05) is 22.9 Å². The SMILES string of the molecule is CNC(C)Cc1noc(CSc2cc(C)ccc2C)n1.Cl. The number of rotatable bonds is 6. The summed E-state index contributed by atoms with van der Waals surface area (Å²) in [6.45, 7) is 6.32. The standard InChI is InChI=1S/C15H21N3OS.ClH/c1-10-5-6-11(2)13(7-10)20-9-15-17-14(18-19-15)8-12(3)16-4;/h5-7,12,16H,8-9H2,1-4H3;1H. The molecule has 4 nitrogen and oxygen atoms in total. The van der Waals surface area contributed by atoms with Gasteiger partial charge in [0.25, 0.3) is 0 Å². The van der Waals surface area contributed by atoms with Gasteiger partial charge in [0, 0.05) is 17.4 Å². The number of aryl methyl sites for hydroxylation is 2. The Morgan fingerprint density at radius 2 is 2.10 bits per heavy atom. The van der Waals surface area contributed by atoms with Crippen molar-refractivity contribution in [2.75, 3.05) is 7.05 Å². The van der Waals surface area contributed by atoms with E-state index in [4.69, 9.17) is 4.52 Å². The van der Waals surface area contributed by atoms with Crippen molar-refractivity contribution in [1.82, 2.24) is 15.5 Å². The highest BCUT2D eigenvalue weighted by molar-refractivity contribution is 7.98. The summed E-state index contributed by atoms with van der Waals surface area (Å²) in [7, 11) is 1.93. The van der Waals surface area contributed by atoms with Crippen LogP contribution in [-0.4, -0.2) is 23.2 Å². The molecule has 0 spiro atoms. The van der Waals surface area contributed by atoms with Crippen molar-refractivity contribution >= 4 is 24.2 Å². The van der Waals surface area contributed by atoms with E-state index in [1.807, 2.05) is 7.05 Å². The smallest absolute Gasteiger partial charge is 0.237 e. The first-order chi connectivity index (χ1) is 9.58. The topological polar surface area (TPSA) is 51.0 Å². The molecule has 0 aliphatic rings. The van der Waals surface area contributed by atoms with Crippen molar-refractivity contribution in [2.24, 2.45) is 0 Å². The van der Waals surface area contributed by atoms with Gasteiger partial charge in [-0.25, -0.2) is 0 Å². The van der Waals surface area contributed by atoms with E-state index in [1.165, 1.54) is 16.0 Å². The number of likely N-dealkylation sites (N-methyl/N-ethyl adjacent to an activating group) is 1. The Bertz CT molecular complexity index is 574. The van der Waals surface area contributed by atoms with Crippen LogP contribution in [0.4, 0.5) is 0 Å². The highest BCUT2D eigenvalue weighted by Gasteiger charge is 2.10. The predicted molar refractivity (Wildman–Crippen MR) is 89.2 cm³/mol. The maximum absolute atomic E-state index is 5.29. The lowest BCUT2D eigenvalue weighted by Gasteiger charge is -2.05. The normalized spacial score (nSPS) is 12.0. The number of hydrogen-bond acceptors (Lipinski definition) is 5. The molecule has 1 N–H and O–H groups in total. The van der Waals surface area contributed by atoms with Crippen LogP contribution < -0.4 is 5.32 Å². The third-order valence-electron chi connectivity index (χ3n) is 3.19. The van der Waals surface area contributed by atoms with Gasteiger partial charge in [0.15, 0.2) is 5.82 Å². The zero-order valence-electron chi connectivity index (χ0n) is 12.8. The summed E-state index contributed by atoms with van der Waals surface area (Å²) < 4.78 is 5.29. The lowest BCUT2D eigenvalue weighted by atomic mass is 10.2. The van der Waals surface area contributed by atoms with Gasteiger partial charge in [0.2, 0.25) is 5.89 Å². The first-order valence-electron chi connectivity index (χ1n) is 6.77. The summed E-state index contributed by atoms with van der Waals surface area (Å²) in [5.74, 6) is 2.17. The van der Waals surface area contributed by atoms with E-state index < -0.39 is 0 Å². The van der Waals surface area contributed by atoms with Crippen molar-refractivity contribution in [3.63, 3.8) is 0 Å². The van der Waals surface area contributed by atoms with Crippen LogP contribution in [0.3, 0.4) is 0 Å². The lowest BCUT2D eigenvalue weighted by Crippen LogP contribution is -2.24. The van der Waals surface area contributed by atoms with Crippen LogP contribution in [0.15, 0.2) is 27.6 Å².